The Labute approximate surface area is 114 Å². The number of aryl methyl sites for hydroxylation is 2. The van der Waals surface area contributed by atoms with Gasteiger partial charge in [0.15, 0.2) is 5.84 Å². The van der Waals surface area contributed by atoms with Gasteiger partial charge < -0.3 is 15.7 Å². The van der Waals surface area contributed by atoms with E-state index < -0.39 is 0 Å². The number of pyridine rings is 1. The van der Waals surface area contributed by atoms with Crippen molar-refractivity contribution in [2.24, 2.45) is 10.9 Å². The predicted molar refractivity (Wildman–Crippen MR) is 75.9 cm³/mol. The molecule has 0 aromatic carbocycles. The summed E-state index contributed by atoms with van der Waals surface area (Å²) < 4.78 is 5.76. The molecule has 0 aliphatic heterocycles. The van der Waals surface area contributed by atoms with Crippen LogP contribution < -0.4 is 10.5 Å². The Morgan fingerprint density at radius 3 is 2.74 bits per heavy atom. The van der Waals surface area contributed by atoms with Gasteiger partial charge in [0.2, 0.25) is 0 Å². The molecule has 19 heavy (non-hydrogen) atoms. The first-order chi connectivity index (χ1) is 9.10. The van der Waals surface area contributed by atoms with Gasteiger partial charge in [-0.05, 0) is 20.3 Å². The van der Waals surface area contributed by atoms with Crippen LogP contribution >= 0.6 is 0 Å². The van der Waals surface area contributed by atoms with E-state index in [1.54, 1.807) is 0 Å². The van der Waals surface area contributed by atoms with Crippen LogP contribution in [0, 0.1) is 13.8 Å². The Kier molecular flexibility index (Phi) is 6.12. The SMILES string of the molecule is CCCCCCOc1cc(C)nc(C)c1/C(N)=N/O. The molecule has 0 radical (unpaired) electrons. The van der Waals surface area contributed by atoms with E-state index in [4.69, 9.17) is 15.7 Å². The third-order valence-electron chi connectivity index (χ3n) is 2.91. The second kappa shape index (κ2) is 7.61. The summed E-state index contributed by atoms with van der Waals surface area (Å²) in [7, 11) is 0. The van der Waals surface area contributed by atoms with Gasteiger partial charge >= 0.3 is 0 Å². The zero-order chi connectivity index (χ0) is 14.3. The topological polar surface area (TPSA) is 80.7 Å². The third-order valence-corrected chi connectivity index (χ3v) is 2.91. The quantitative estimate of drug-likeness (QED) is 0.261. The Balaban J connectivity index is 2.80. The molecule has 3 N–H and O–H groups in total. The highest BCUT2D eigenvalue weighted by Crippen LogP contribution is 2.22. The van der Waals surface area contributed by atoms with E-state index in [9.17, 15) is 0 Å². The minimum atomic E-state index is 0.0357. The van der Waals surface area contributed by atoms with Gasteiger partial charge in [0.1, 0.15) is 5.75 Å². The third kappa shape index (κ3) is 4.43. The Bertz CT molecular complexity index is 445. The highest BCUT2D eigenvalue weighted by molar-refractivity contribution is 6.00. The minimum Gasteiger partial charge on any atom is -0.493 e. The number of unbranched alkanes of at least 4 members (excludes halogenated alkanes) is 3. The Morgan fingerprint density at radius 1 is 1.37 bits per heavy atom. The Morgan fingerprint density at radius 2 is 2.11 bits per heavy atom. The second-order valence-electron chi connectivity index (χ2n) is 4.62. The number of nitrogens with zero attached hydrogens (tertiary/aromatic N) is 2. The molecule has 1 aromatic heterocycles. The number of nitrogens with two attached hydrogens (primary N) is 1. The first-order valence-corrected chi connectivity index (χ1v) is 6.69. The molecule has 1 heterocycles. The van der Waals surface area contributed by atoms with Crippen molar-refractivity contribution in [3.63, 3.8) is 0 Å². The number of rotatable bonds is 7. The molecule has 0 fully saturated rings. The van der Waals surface area contributed by atoms with Crippen LogP contribution in [-0.4, -0.2) is 22.6 Å². The fourth-order valence-electron chi connectivity index (χ4n) is 1.98. The first kappa shape index (κ1) is 15.3. The highest BCUT2D eigenvalue weighted by Gasteiger charge is 2.14. The van der Waals surface area contributed by atoms with Crippen molar-refractivity contribution >= 4 is 5.84 Å². The first-order valence-electron chi connectivity index (χ1n) is 6.69. The van der Waals surface area contributed by atoms with Crippen LogP contribution in [0.4, 0.5) is 0 Å². The van der Waals surface area contributed by atoms with Gasteiger partial charge in [0.05, 0.1) is 17.9 Å². The maximum absolute atomic E-state index is 8.83. The van der Waals surface area contributed by atoms with Gasteiger partial charge in [0, 0.05) is 11.8 Å². The van der Waals surface area contributed by atoms with Crippen molar-refractivity contribution in [3.05, 3.63) is 23.0 Å². The van der Waals surface area contributed by atoms with Crippen LogP contribution in [0.25, 0.3) is 0 Å². The summed E-state index contributed by atoms with van der Waals surface area (Å²) >= 11 is 0. The van der Waals surface area contributed by atoms with Gasteiger partial charge in [-0.25, -0.2) is 0 Å². The van der Waals surface area contributed by atoms with Gasteiger partial charge in [-0.15, -0.1) is 0 Å². The molecule has 0 unspecified atom stereocenters. The van der Waals surface area contributed by atoms with Crippen LogP contribution in [0.15, 0.2) is 11.2 Å². The largest absolute Gasteiger partial charge is 0.493 e. The average molecular weight is 265 g/mol. The predicted octanol–water partition coefficient (Wildman–Crippen LogP) is 2.75. The lowest BCUT2D eigenvalue weighted by atomic mass is 10.1. The van der Waals surface area contributed by atoms with E-state index in [2.05, 4.69) is 17.1 Å². The number of amidine groups is 1. The zero-order valence-electron chi connectivity index (χ0n) is 11.9. The van der Waals surface area contributed by atoms with Crippen LogP contribution in [0.3, 0.4) is 0 Å². The van der Waals surface area contributed by atoms with E-state index in [0.29, 0.717) is 23.6 Å². The standard InChI is InChI=1S/C14H23N3O2/c1-4-5-6-7-8-19-12-9-10(2)16-11(3)13(12)14(15)17-18/h9,18H,4-8H2,1-3H3,(H2,15,17). The lowest BCUT2D eigenvalue weighted by Crippen LogP contribution is -2.18. The Hall–Kier alpha value is -1.78. The van der Waals surface area contributed by atoms with Crippen molar-refractivity contribution in [2.45, 2.75) is 46.5 Å². The molecule has 0 saturated carbocycles. The van der Waals surface area contributed by atoms with Gasteiger partial charge in [0.25, 0.3) is 0 Å². The molecule has 0 aliphatic rings. The van der Waals surface area contributed by atoms with Crippen LogP contribution in [0.2, 0.25) is 0 Å². The van der Waals surface area contributed by atoms with E-state index in [1.165, 1.54) is 12.8 Å². The number of hydrogen-bond acceptors (Lipinski definition) is 4. The summed E-state index contributed by atoms with van der Waals surface area (Å²) in [5.74, 6) is 0.672. The molecule has 5 nitrogen and oxygen atoms in total. The normalized spacial score (nSPS) is 11.6. The average Bonchev–Trinajstić information content (AvgIpc) is 2.37. The molecule has 0 aliphatic carbocycles. The van der Waals surface area contributed by atoms with Gasteiger partial charge in [-0.1, -0.05) is 31.3 Å². The van der Waals surface area contributed by atoms with E-state index >= 15 is 0 Å². The summed E-state index contributed by atoms with van der Waals surface area (Å²) in [6.07, 6.45) is 4.57. The monoisotopic (exact) mass is 265 g/mol. The van der Waals surface area contributed by atoms with Crippen molar-refractivity contribution in [1.29, 1.82) is 0 Å². The lowest BCUT2D eigenvalue weighted by Gasteiger charge is -2.13. The highest BCUT2D eigenvalue weighted by atomic mass is 16.5. The fourth-order valence-corrected chi connectivity index (χ4v) is 1.98. The molecule has 0 spiro atoms. The molecule has 106 valence electrons. The van der Waals surface area contributed by atoms with Gasteiger partial charge in [-0.3, -0.25) is 4.98 Å². The zero-order valence-corrected chi connectivity index (χ0v) is 11.9. The summed E-state index contributed by atoms with van der Waals surface area (Å²) in [5, 5.41) is 11.9. The van der Waals surface area contributed by atoms with Crippen LogP contribution in [-0.2, 0) is 0 Å². The maximum atomic E-state index is 8.83. The summed E-state index contributed by atoms with van der Waals surface area (Å²) in [4.78, 5) is 4.31. The van der Waals surface area contributed by atoms with Gasteiger partial charge in [-0.2, -0.15) is 0 Å². The summed E-state index contributed by atoms with van der Waals surface area (Å²) in [5.41, 5.74) is 7.81. The fraction of sp³-hybridized carbons (Fsp3) is 0.571. The van der Waals surface area contributed by atoms with E-state index in [0.717, 1.165) is 18.5 Å². The van der Waals surface area contributed by atoms with Crippen molar-refractivity contribution < 1.29 is 9.94 Å². The maximum Gasteiger partial charge on any atom is 0.175 e. The van der Waals surface area contributed by atoms with Crippen molar-refractivity contribution in [3.8, 4) is 5.75 Å². The summed E-state index contributed by atoms with van der Waals surface area (Å²) in [6.45, 7) is 6.53. The van der Waals surface area contributed by atoms with Crippen LogP contribution in [0.5, 0.6) is 5.75 Å². The number of hydrogen-bond donors (Lipinski definition) is 2. The molecular formula is C14H23N3O2. The molecular weight excluding hydrogens is 242 g/mol. The van der Waals surface area contributed by atoms with E-state index in [1.807, 2.05) is 19.9 Å². The molecule has 1 rings (SSSR count). The number of ether oxygens (including phenoxy) is 1. The minimum absolute atomic E-state index is 0.0357. The number of aromatic nitrogens is 1. The molecule has 1 aromatic rings. The van der Waals surface area contributed by atoms with Crippen molar-refractivity contribution in [2.75, 3.05) is 6.61 Å². The summed E-state index contributed by atoms with van der Waals surface area (Å²) in [6, 6.07) is 1.82. The second-order valence-corrected chi connectivity index (χ2v) is 4.62. The molecule has 0 saturated heterocycles. The molecule has 0 atom stereocenters. The van der Waals surface area contributed by atoms with E-state index in [-0.39, 0.29) is 5.84 Å². The molecule has 0 bridgehead atoms. The van der Waals surface area contributed by atoms with Crippen LogP contribution in [0.1, 0.15) is 49.6 Å². The molecule has 0 amide bonds. The molecule has 5 heteroatoms. The van der Waals surface area contributed by atoms with Crippen molar-refractivity contribution in [1.82, 2.24) is 4.98 Å². The number of oxime groups is 1. The lowest BCUT2D eigenvalue weighted by molar-refractivity contribution is 0.301. The smallest absolute Gasteiger partial charge is 0.175 e.